The second-order valence-electron chi connectivity index (χ2n) is 6.97. The monoisotopic (exact) mass is 277 g/mol. The molecule has 0 aromatic heterocycles. The van der Waals surface area contributed by atoms with Gasteiger partial charge in [0.25, 0.3) is 0 Å². The summed E-state index contributed by atoms with van der Waals surface area (Å²) in [5.41, 5.74) is -0.268. The summed E-state index contributed by atoms with van der Waals surface area (Å²) in [5.74, 6) is 1.94. The predicted octanol–water partition coefficient (Wildman–Crippen LogP) is 1.96. The first-order chi connectivity index (χ1) is 9.56. The van der Waals surface area contributed by atoms with Gasteiger partial charge in [-0.25, -0.2) is 0 Å². The molecule has 1 aliphatic heterocycles. The molecular formula is C16H23NO3. The summed E-state index contributed by atoms with van der Waals surface area (Å²) in [6.07, 6.45) is 6.05. The van der Waals surface area contributed by atoms with Crippen molar-refractivity contribution in [3.05, 3.63) is 0 Å². The lowest BCUT2D eigenvalue weighted by Crippen LogP contribution is -2.66. The van der Waals surface area contributed by atoms with Crippen molar-refractivity contribution < 1.29 is 14.4 Å². The first kappa shape index (κ1) is 13.8. The van der Waals surface area contributed by atoms with Crippen LogP contribution in [0.3, 0.4) is 0 Å². The molecule has 0 aromatic carbocycles. The van der Waals surface area contributed by atoms with Crippen molar-refractivity contribution in [1.82, 2.24) is 4.90 Å². The van der Waals surface area contributed by atoms with Crippen molar-refractivity contribution in [2.24, 2.45) is 17.8 Å². The SMILES string of the molecule is CC1CC2CC(=O)CC3(C1)C2CCC(=O)N3CCC=O. The average molecular weight is 277 g/mol. The highest BCUT2D eigenvalue weighted by Crippen LogP contribution is 2.55. The molecule has 0 N–H and O–H groups in total. The number of likely N-dealkylation sites (tertiary alicyclic amines) is 1. The minimum absolute atomic E-state index is 0.144. The third kappa shape index (κ3) is 2.00. The topological polar surface area (TPSA) is 54.5 Å². The predicted molar refractivity (Wildman–Crippen MR) is 74.0 cm³/mol. The minimum Gasteiger partial charge on any atom is -0.336 e. The van der Waals surface area contributed by atoms with Crippen molar-refractivity contribution in [1.29, 1.82) is 0 Å². The fourth-order valence-corrected chi connectivity index (χ4v) is 5.19. The van der Waals surface area contributed by atoms with E-state index in [1.807, 2.05) is 4.90 Å². The Morgan fingerprint density at radius 3 is 2.95 bits per heavy atom. The van der Waals surface area contributed by atoms with Gasteiger partial charge in [0.1, 0.15) is 12.1 Å². The van der Waals surface area contributed by atoms with E-state index >= 15 is 0 Å². The van der Waals surface area contributed by atoms with Gasteiger partial charge >= 0.3 is 0 Å². The van der Waals surface area contributed by atoms with Crippen LogP contribution in [0.5, 0.6) is 0 Å². The number of nitrogens with zero attached hydrogens (tertiary/aromatic N) is 1. The summed E-state index contributed by atoms with van der Waals surface area (Å²) in [6, 6.07) is 0. The zero-order valence-electron chi connectivity index (χ0n) is 12.1. The number of amides is 1. The molecule has 1 amide bonds. The summed E-state index contributed by atoms with van der Waals surface area (Å²) in [6.45, 7) is 2.73. The Kier molecular flexibility index (Phi) is 3.43. The highest BCUT2D eigenvalue weighted by atomic mass is 16.2. The molecule has 1 saturated heterocycles. The van der Waals surface area contributed by atoms with Crippen LogP contribution >= 0.6 is 0 Å². The fraction of sp³-hybridized carbons (Fsp3) is 0.812. The van der Waals surface area contributed by atoms with E-state index in [-0.39, 0.29) is 11.4 Å². The molecule has 3 fully saturated rings. The lowest BCUT2D eigenvalue weighted by molar-refractivity contribution is -0.165. The Labute approximate surface area is 119 Å². The summed E-state index contributed by atoms with van der Waals surface area (Å²) < 4.78 is 0. The van der Waals surface area contributed by atoms with Gasteiger partial charge in [-0.3, -0.25) is 9.59 Å². The zero-order valence-corrected chi connectivity index (χ0v) is 12.1. The van der Waals surface area contributed by atoms with Crippen LogP contribution in [0.1, 0.15) is 51.9 Å². The third-order valence-electron chi connectivity index (χ3n) is 5.64. The van der Waals surface area contributed by atoms with Crippen LogP contribution in [-0.4, -0.2) is 35.0 Å². The molecule has 4 unspecified atom stereocenters. The Balaban J connectivity index is 1.97. The minimum atomic E-state index is -0.268. The second-order valence-corrected chi connectivity index (χ2v) is 6.97. The maximum Gasteiger partial charge on any atom is 0.223 e. The molecule has 0 radical (unpaired) electrons. The van der Waals surface area contributed by atoms with Crippen molar-refractivity contribution >= 4 is 18.0 Å². The van der Waals surface area contributed by atoms with Gasteiger partial charge in [0.15, 0.2) is 0 Å². The van der Waals surface area contributed by atoms with Crippen molar-refractivity contribution in [2.45, 2.75) is 57.4 Å². The van der Waals surface area contributed by atoms with Gasteiger partial charge in [0.2, 0.25) is 5.91 Å². The van der Waals surface area contributed by atoms with Gasteiger partial charge in [0, 0.05) is 32.2 Å². The van der Waals surface area contributed by atoms with Crippen LogP contribution < -0.4 is 0 Å². The van der Waals surface area contributed by atoms with Crippen LogP contribution in [0, 0.1) is 17.8 Å². The summed E-state index contributed by atoms with van der Waals surface area (Å²) in [5, 5.41) is 0. The molecule has 0 spiro atoms. The lowest BCUT2D eigenvalue weighted by Gasteiger charge is -2.60. The largest absolute Gasteiger partial charge is 0.336 e. The number of hydrogen-bond donors (Lipinski definition) is 0. The molecule has 3 aliphatic rings. The van der Waals surface area contributed by atoms with Gasteiger partial charge < -0.3 is 9.69 Å². The highest BCUT2D eigenvalue weighted by molar-refractivity contribution is 5.85. The number of Topliss-reactive ketones (excluding diaryl/α,β-unsaturated/α-hetero) is 1. The average Bonchev–Trinajstić information content (AvgIpc) is 2.35. The molecule has 110 valence electrons. The Morgan fingerprint density at radius 2 is 2.20 bits per heavy atom. The van der Waals surface area contributed by atoms with Crippen LogP contribution in [0.4, 0.5) is 0 Å². The van der Waals surface area contributed by atoms with Gasteiger partial charge in [-0.15, -0.1) is 0 Å². The van der Waals surface area contributed by atoms with Crippen molar-refractivity contribution in [2.75, 3.05) is 6.54 Å². The smallest absolute Gasteiger partial charge is 0.223 e. The highest BCUT2D eigenvalue weighted by Gasteiger charge is 2.58. The Bertz CT molecular complexity index is 447. The molecule has 2 bridgehead atoms. The summed E-state index contributed by atoms with van der Waals surface area (Å²) in [4.78, 5) is 37.1. The molecular weight excluding hydrogens is 254 g/mol. The molecule has 4 nitrogen and oxygen atoms in total. The van der Waals surface area contributed by atoms with Crippen LogP contribution in [-0.2, 0) is 14.4 Å². The second kappa shape index (κ2) is 4.97. The van der Waals surface area contributed by atoms with Gasteiger partial charge in [-0.05, 0) is 37.0 Å². The maximum atomic E-state index is 12.4. The summed E-state index contributed by atoms with van der Waals surface area (Å²) >= 11 is 0. The molecule has 0 aromatic rings. The number of piperidine rings is 1. The first-order valence-corrected chi connectivity index (χ1v) is 7.82. The van der Waals surface area contributed by atoms with Crippen molar-refractivity contribution in [3.8, 4) is 0 Å². The van der Waals surface area contributed by atoms with Crippen LogP contribution in [0.2, 0.25) is 0 Å². The van der Waals surface area contributed by atoms with E-state index in [0.29, 0.717) is 55.8 Å². The number of hydrogen-bond acceptors (Lipinski definition) is 3. The van der Waals surface area contributed by atoms with E-state index in [0.717, 1.165) is 25.5 Å². The van der Waals surface area contributed by atoms with Gasteiger partial charge in [-0.2, -0.15) is 0 Å². The molecule has 2 saturated carbocycles. The van der Waals surface area contributed by atoms with E-state index in [1.54, 1.807) is 0 Å². The molecule has 4 atom stereocenters. The maximum absolute atomic E-state index is 12.4. The number of carbonyl (C=O) groups is 3. The van der Waals surface area contributed by atoms with Crippen LogP contribution in [0.15, 0.2) is 0 Å². The van der Waals surface area contributed by atoms with E-state index < -0.39 is 0 Å². The van der Waals surface area contributed by atoms with Crippen LogP contribution in [0.25, 0.3) is 0 Å². The first-order valence-electron chi connectivity index (χ1n) is 7.82. The Hall–Kier alpha value is -1.19. The molecule has 1 heterocycles. The van der Waals surface area contributed by atoms with E-state index in [1.165, 1.54) is 0 Å². The van der Waals surface area contributed by atoms with Gasteiger partial charge in [-0.1, -0.05) is 6.92 Å². The number of aldehydes is 1. The normalized spacial score (nSPS) is 40.5. The molecule has 4 heteroatoms. The van der Waals surface area contributed by atoms with Gasteiger partial charge in [0.05, 0.1) is 5.54 Å². The van der Waals surface area contributed by atoms with E-state index in [2.05, 4.69) is 6.92 Å². The standard InChI is InChI=1S/C16H23NO3/c1-11-7-12-8-13(19)10-16(9-11)14(12)3-4-15(20)17(16)5-2-6-18/h6,11-12,14H,2-5,7-10H2,1H3. The fourth-order valence-electron chi connectivity index (χ4n) is 5.19. The molecule has 2 aliphatic carbocycles. The van der Waals surface area contributed by atoms with E-state index in [9.17, 15) is 14.4 Å². The molecule has 20 heavy (non-hydrogen) atoms. The lowest BCUT2D eigenvalue weighted by atomic mass is 9.54. The van der Waals surface area contributed by atoms with Crippen molar-refractivity contribution in [3.63, 3.8) is 0 Å². The number of rotatable bonds is 3. The number of ketones is 1. The molecule has 3 rings (SSSR count). The third-order valence-corrected chi connectivity index (χ3v) is 5.64. The number of carbonyl (C=O) groups excluding carboxylic acids is 3. The zero-order chi connectivity index (χ0) is 14.3. The quantitative estimate of drug-likeness (QED) is 0.741. The Morgan fingerprint density at radius 1 is 1.40 bits per heavy atom. The summed E-state index contributed by atoms with van der Waals surface area (Å²) in [7, 11) is 0. The van der Waals surface area contributed by atoms with E-state index in [4.69, 9.17) is 0 Å².